The first-order valence-electron chi connectivity index (χ1n) is 4.63. The van der Waals surface area contributed by atoms with E-state index in [2.05, 4.69) is 9.88 Å². The van der Waals surface area contributed by atoms with Crippen LogP contribution in [0.25, 0.3) is 0 Å². The van der Waals surface area contributed by atoms with E-state index in [9.17, 15) is 0 Å². The van der Waals surface area contributed by atoms with Crippen molar-refractivity contribution in [1.29, 1.82) is 0 Å². The molecule has 1 aromatic rings. The molecule has 1 aromatic heterocycles. The molecule has 1 saturated heterocycles. The molecule has 0 spiro atoms. The zero-order valence-corrected chi connectivity index (χ0v) is 8.96. The molecular formula is C9H13N3OS. The summed E-state index contributed by atoms with van der Waals surface area (Å²) in [4.78, 5) is 6.52. The number of anilines is 1. The number of nitrogens with zero attached hydrogens (tertiary/aromatic N) is 3. The van der Waals surface area contributed by atoms with E-state index in [0.29, 0.717) is 0 Å². The van der Waals surface area contributed by atoms with E-state index in [1.54, 1.807) is 6.33 Å². The normalized spacial score (nSPS) is 17.1. The van der Waals surface area contributed by atoms with Gasteiger partial charge in [0.1, 0.15) is 10.5 Å². The Hall–Kier alpha value is -0.940. The summed E-state index contributed by atoms with van der Waals surface area (Å²) in [5.74, 6) is 0.955. The van der Waals surface area contributed by atoms with Gasteiger partial charge in [0.15, 0.2) is 0 Å². The molecule has 1 fully saturated rings. The minimum absolute atomic E-state index is 0.773. The van der Waals surface area contributed by atoms with Crippen molar-refractivity contribution >= 4 is 18.0 Å². The second-order valence-corrected chi connectivity index (χ2v) is 3.71. The summed E-state index contributed by atoms with van der Waals surface area (Å²) in [5, 5.41) is 0. The topological polar surface area (TPSA) is 30.3 Å². The van der Waals surface area contributed by atoms with Gasteiger partial charge in [0.25, 0.3) is 0 Å². The third kappa shape index (κ3) is 1.93. The summed E-state index contributed by atoms with van der Waals surface area (Å²) in [6, 6.07) is 1.93. The Bertz CT molecular complexity index is 371. The first-order valence-corrected chi connectivity index (χ1v) is 5.03. The van der Waals surface area contributed by atoms with Gasteiger partial charge in [-0.1, -0.05) is 12.2 Å². The van der Waals surface area contributed by atoms with Crippen molar-refractivity contribution in [3.05, 3.63) is 17.0 Å². The Morgan fingerprint density at radius 2 is 2.14 bits per heavy atom. The summed E-state index contributed by atoms with van der Waals surface area (Å²) in [7, 11) is 1.90. The van der Waals surface area contributed by atoms with Crippen molar-refractivity contribution in [2.24, 2.45) is 7.05 Å². The Labute approximate surface area is 88.1 Å². The van der Waals surface area contributed by atoms with E-state index < -0.39 is 0 Å². The highest BCUT2D eigenvalue weighted by Gasteiger charge is 2.11. The number of hydrogen-bond donors (Lipinski definition) is 0. The lowest BCUT2D eigenvalue weighted by Gasteiger charge is -2.27. The van der Waals surface area contributed by atoms with Crippen LogP contribution in [0.1, 0.15) is 0 Å². The van der Waals surface area contributed by atoms with Gasteiger partial charge in [-0.3, -0.25) is 0 Å². The first kappa shape index (κ1) is 9.61. The molecule has 0 atom stereocenters. The smallest absolute Gasteiger partial charge is 0.133 e. The minimum Gasteiger partial charge on any atom is -0.378 e. The predicted molar refractivity (Wildman–Crippen MR) is 57.1 cm³/mol. The predicted octanol–water partition coefficient (Wildman–Crippen LogP) is 0.986. The van der Waals surface area contributed by atoms with Crippen molar-refractivity contribution in [3.63, 3.8) is 0 Å². The van der Waals surface area contributed by atoms with Gasteiger partial charge in [-0.2, -0.15) is 0 Å². The van der Waals surface area contributed by atoms with Crippen molar-refractivity contribution < 1.29 is 4.74 Å². The second kappa shape index (κ2) is 4.06. The Kier molecular flexibility index (Phi) is 2.79. The van der Waals surface area contributed by atoms with Crippen LogP contribution >= 0.6 is 12.2 Å². The second-order valence-electron chi connectivity index (χ2n) is 3.30. The summed E-state index contributed by atoms with van der Waals surface area (Å²) < 4.78 is 7.91. The van der Waals surface area contributed by atoms with Gasteiger partial charge < -0.3 is 14.2 Å². The molecule has 0 N–H and O–H groups in total. The number of ether oxygens (including phenoxy) is 1. The molecule has 76 valence electrons. The quantitative estimate of drug-likeness (QED) is 0.648. The van der Waals surface area contributed by atoms with Gasteiger partial charge in [-0.05, 0) is 0 Å². The van der Waals surface area contributed by atoms with Gasteiger partial charge in [0.05, 0.1) is 19.5 Å². The lowest BCUT2D eigenvalue weighted by molar-refractivity contribution is 0.122. The number of aromatic nitrogens is 2. The van der Waals surface area contributed by atoms with Crippen LogP contribution in [0.4, 0.5) is 5.82 Å². The van der Waals surface area contributed by atoms with Crippen LogP contribution < -0.4 is 4.90 Å². The summed E-state index contributed by atoms with van der Waals surface area (Å²) in [5.41, 5.74) is 0. The van der Waals surface area contributed by atoms with Crippen LogP contribution in [0.3, 0.4) is 0 Å². The van der Waals surface area contributed by atoms with Crippen LogP contribution in [0.5, 0.6) is 0 Å². The highest BCUT2D eigenvalue weighted by molar-refractivity contribution is 7.71. The molecule has 4 nitrogen and oxygen atoms in total. The molecule has 0 saturated carbocycles. The fourth-order valence-electron chi connectivity index (χ4n) is 1.42. The van der Waals surface area contributed by atoms with Crippen molar-refractivity contribution in [2.45, 2.75) is 0 Å². The third-order valence-electron chi connectivity index (χ3n) is 2.30. The molecule has 5 heteroatoms. The first-order chi connectivity index (χ1) is 6.77. The van der Waals surface area contributed by atoms with E-state index in [4.69, 9.17) is 17.0 Å². The van der Waals surface area contributed by atoms with Crippen LogP contribution in [-0.4, -0.2) is 35.9 Å². The summed E-state index contributed by atoms with van der Waals surface area (Å²) in [6.07, 6.45) is 1.76. The average Bonchev–Trinajstić information content (AvgIpc) is 2.23. The van der Waals surface area contributed by atoms with Crippen LogP contribution in [0.2, 0.25) is 0 Å². The van der Waals surface area contributed by atoms with E-state index in [-0.39, 0.29) is 0 Å². The fourth-order valence-corrected chi connectivity index (χ4v) is 1.57. The standard InChI is InChI=1S/C9H13N3OS/c1-11-7-10-8(6-9(11)14)12-2-4-13-5-3-12/h6-7H,2-5H2,1H3. The average molecular weight is 211 g/mol. The number of rotatable bonds is 1. The molecule has 0 amide bonds. The summed E-state index contributed by atoms with van der Waals surface area (Å²) in [6.45, 7) is 3.34. The molecule has 1 aliphatic rings. The Balaban J connectivity index is 2.23. The maximum Gasteiger partial charge on any atom is 0.133 e. The van der Waals surface area contributed by atoms with Crippen LogP contribution in [-0.2, 0) is 11.8 Å². The lowest BCUT2D eigenvalue weighted by atomic mass is 10.4. The van der Waals surface area contributed by atoms with E-state index in [1.165, 1.54) is 0 Å². The van der Waals surface area contributed by atoms with E-state index >= 15 is 0 Å². The monoisotopic (exact) mass is 211 g/mol. The number of morpholine rings is 1. The molecule has 0 unspecified atom stereocenters. The molecular weight excluding hydrogens is 198 g/mol. The minimum atomic E-state index is 0.773. The number of hydrogen-bond acceptors (Lipinski definition) is 4. The summed E-state index contributed by atoms with van der Waals surface area (Å²) >= 11 is 5.18. The molecule has 0 aromatic carbocycles. The van der Waals surface area contributed by atoms with Gasteiger partial charge in [0.2, 0.25) is 0 Å². The maximum atomic E-state index is 5.27. The molecule has 2 heterocycles. The molecule has 1 aliphatic heterocycles. The Morgan fingerprint density at radius 1 is 1.43 bits per heavy atom. The SMILES string of the molecule is Cn1cnc(N2CCOCC2)cc1=S. The van der Waals surface area contributed by atoms with Crippen molar-refractivity contribution in [3.8, 4) is 0 Å². The highest BCUT2D eigenvalue weighted by Crippen LogP contribution is 2.11. The van der Waals surface area contributed by atoms with Crippen LogP contribution in [0, 0.1) is 4.64 Å². The molecule has 2 rings (SSSR count). The fraction of sp³-hybridized carbons (Fsp3) is 0.556. The zero-order chi connectivity index (χ0) is 9.97. The highest BCUT2D eigenvalue weighted by atomic mass is 32.1. The van der Waals surface area contributed by atoms with Gasteiger partial charge in [-0.15, -0.1) is 0 Å². The zero-order valence-electron chi connectivity index (χ0n) is 8.14. The molecule has 0 bridgehead atoms. The van der Waals surface area contributed by atoms with Gasteiger partial charge in [0, 0.05) is 26.2 Å². The van der Waals surface area contributed by atoms with Crippen molar-refractivity contribution in [1.82, 2.24) is 9.55 Å². The van der Waals surface area contributed by atoms with E-state index in [1.807, 2.05) is 17.7 Å². The van der Waals surface area contributed by atoms with Gasteiger partial charge >= 0.3 is 0 Å². The molecule has 0 radical (unpaired) electrons. The molecule has 0 aliphatic carbocycles. The largest absolute Gasteiger partial charge is 0.378 e. The maximum absolute atomic E-state index is 5.27. The third-order valence-corrected chi connectivity index (χ3v) is 2.70. The van der Waals surface area contributed by atoms with Crippen molar-refractivity contribution in [2.75, 3.05) is 31.2 Å². The van der Waals surface area contributed by atoms with Crippen LogP contribution in [0.15, 0.2) is 12.4 Å². The number of aryl methyl sites for hydroxylation is 1. The van der Waals surface area contributed by atoms with Gasteiger partial charge in [-0.25, -0.2) is 4.98 Å². The molecule has 14 heavy (non-hydrogen) atoms. The van der Waals surface area contributed by atoms with E-state index in [0.717, 1.165) is 36.8 Å². The lowest BCUT2D eigenvalue weighted by Crippen LogP contribution is -2.36. The Morgan fingerprint density at radius 3 is 2.79 bits per heavy atom.